The lowest BCUT2D eigenvalue weighted by atomic mass is 10.3. The summed E-state index contributed by atoms with van der Waals surface area (Å²) >= 11 is 5.08. The molecule has 5 heteroatoms. The van der Waals surface area contributed by atoms with Crippen LogP contribution < -0.4 is 10.1 Å². The van der Waals surface area contributed by atoms with Gasteiger partial charge in [0.15, 0.2) is 0 Å². The average molecular weight is 299 g/mol. The SMILES string of the molecule is COc1cc(Br)cc(NCc2cncs2)c1. The van der Waals surface area contributed by atoms with E-state index in [1.54, 1.807) is 18.4 Å². The van der Waals surface area contributed by atoms with Crippen LogP contribution in [0.2, 0.25) is 0 Å². The van der Waals surface area contributed by atoms with Crippen LogP contribution >= 0.6 is 27.3 Å². The maximum Gasteiger partial charge on any atom is 0.122 e. The number of benzene rings is 1. The second-order valence-corrected chi connectivity index (χ2v) is 5.09. The third kappa shape index (κ3) is 2.96. The van der Waals surface area contributed by atoms with Crippen molar-refractivity contribution in [3.05, 3.63) is 39.3 Å². The van der Waals surface area contributed by atoms with Crippen molar-refractivity contribution in [3.8, 4) is 5.75 Å². The van der Waals surface area contributed by atoms with Gasteiger partial charge in [0.05, 0.1) is 19.2 Å². The summed E-state index contributed by atoms with van der Waals surface area (Å²) < 4.78 is 6.19. The standard InChI is InChI=1S/C11H11BrN2OS/c1-15-10-3-8(12)2-9(4-10)14-6-11-5-13-7-16-11/h2-5,7,14H,6H2,1H3. The molecule has 1 aromatic heterocycles. The minimum atomic E-state index is 0.782. The molecule has 2 aromatic rings. The highest BCUT2D eigenvalue weighted by Gasteiger charge is 2.00. The van der Waals surface area contributed by atoms with E-state index in [1.165, 1.54) is 4.88 Å². The molecule has 1 aromatic carbocycles. The van der Waals surface area contributed by atoms with Gasteiger partial charge < -0.3 is 10.1 Å². The van der Waals surface area contributed by atoms with Gasteiger partial charge >= 0.3 is 0 Å². The number of nitrogens with one attached hydrogen (secondary N) is 1. The second-order valence-electron chi connectivity index (χ2n) is 3.20. The first-order valence-corrected chi connectivity index (χ1v) is 6.41. The number of halogens is 1. The van der Waals surface area contributed by atoms with E-state index in [0.717, 1.165) is 22.5 Å². The van der Waals surface area contributed by atoms with Crippen LogP contribution in [0.1, 0.15) is 4.88 Å². The van der Waals surface area contributed by atoms with Gasteiger partial charge in [0.1, 0.15) is 5.75 Å². The summed E-state index contributed by atoms with van der Waals surface area (Å²) in [7, 11) is 1.66. The van der Waals surface area contributed by atoms with Crippen molar-refractivity contribution in [2.24, 2.45) is 0 Å². The Morgan fingerprint density at radius 1 is 1.44 bits per heavy atom. The first kappa shape index (κ1) is 11.4. The van der Waals surface area contributed by atoms with Crippen LogP contribution in [0, 0.1) is 0 Å². The molecule has 3 nitrogen and oxygen atoms in total. The van der Waals surface area contributed by atoms with Crippen LogP contribution in [0.15, 0.2) is 34.4 Å². The Morgan fingerprint density at radius 3 is 3.00 bits per heavy atom. The molecule has 1 N–H and O–H groups in total. The Bertz CT molecular complexity index is 459. The summed E-state index contributed by atoms with van der Waals surface area (Å²) in [6.07, 6.45) is 1.87. The number of hydrogen-bond donors (Lipinski definition) is 1. The van der Waals surface area contributed by atoms with E-state index in [0.29, 0.717) is 0 Å². The lowest BCUT2D eigenvalue weighted by Crippen LogP contribution is -1.97. The van der Waals surface area contributed by atoms with Crippen LogP contribution in [-0.2, 0) is 6.54 Å². The number of aromatic nitrogens is 1. The molecule has 0 saturated heterocycles. The fraction of sp³-hybridized carbons (Fsp3) is 0.182. The van der Waals surface area contributed by atoms with Gasteiger partial charge in [0.25, 0.3) is 0 Å². The van der Waals surface area contributed by atoms with Crippen molar-refractivity contribution in [2.45, 2.75) is 6.54 Å². The van der Waals surface area contributed by atoms with E-state index >= 15 is 0 Å². The van der Waals surface area contributed by atoms with Crippen LogP contribution in [-0.4, -0.2) is 12.1 Å². The lowest BCUT2D eigenvalue weighted by Gasteiger charge is -2.07. The maximum absolute atomic E-state index is 5.19. The molecule has 0 aliphatic heterocycles. The predicted octanol–water partition coefficient (Wildman–Crippen LogP) is 3.53. The Morgan fingerprint density at radius 2 is 2.31 bits per heavy atom. The van der Waals surface area contributed by atoms with E-state index in [1.807, 2.05) is 29.9 Å². The molecule has 0 unspecified atom stereocenters. The molecule has 0 bridgehead atoms. The minimum absolute atomic E-state index is 0.782. The molecule has 0 radical (unpaired) electrons. The Hall–Kier alpha value is -1.07. The zero-order valence-electron chi connectivity index (χ0n) is 8.74. The third-order valence-corrected chi connectivity index (χ3v) is 3.29. The van der Waals surface area contributed by atoms with Crippen LogP contribution in [0.5, 0.6) is 5.75 Å². The van der Waals surface area contributed by atoms with Gasteiger partial charge in [-0.3, -0.25) is 4.98 Å². The molecular weight excluding hydrogens is 288 g/mol. The van der Waals surface area contributed by atoms with E-state index < -0.39 is 0 Å². The smallest absolute Gasteiger partial charge is 0.122 e. The highest BCUT2D eigenvalue weighted by atomic mass is 79.9. The van der Waals surface area contributed by atoms with E-state index in [-0.39, 0.29) is 0 Å². The second kappa shape index (κ2) is 5.32. The molecule has 0 atom stereocenters. The average Bonchev–Trinajstić information content (AvgIpc) is 2.78. The molecule has 0 aliphatic carbocycles. The van der Waals surface area contributed by atoms with Crippen LogP contribution in [0.3, 0.4) is 0 Å². The van der Waals surface area contributed by atoms with Crippen molar-refractivity contribution >= 4 is 33.0 Å². The van der Waals surface area contributed by atoms with Gasteiger partial charge in [-0.15, -0.1) is 11.3 Å². The van der Waals surface area contributed by atoms with Crippen molar-refractivity contribution in [1.29, 1.82) is 0 Å². The Kier molecular flexibility index (Phi) is 3.79. The highest BCUT2D eigenvalue weighted by Crippen LogP contribution is 2.25. The van der Waals surface area contributed by atoms with Crippen molar-refractivity contribution in [3.63, 3.8) is 0 Å². The summed E-state index contributed by atoms with van der Waals surface area (Å²) in [6.45, 7) is 0.782. The fourth-order valence-corrected chi connectivity index (χ4v) is 2.31. The number of anilines is 1. The zero-order valence-corrected chi connectivity index (χ0v) is 11.1. The predicted molar refractivity (Wildman–Crippen MR) is 70.1 cm³/mol. The molecule has 0 saturated carbocycles. The van der Waals surface area contributed by atoms with E-state index in [2.05, 4.69) is 26.2 Å². The molecule has 2 rings (SSSR count). The quantitative estimate of drug-likeness (QED) is 0.938. The molecule has 84 valence electrons. The molecule has 1 heterocycles. The molecule has 0 fully saturated rings. The van der Waals surface area contributed by atoms with Crippen LogP contribution in [0.4, 0.5) is 5.69 Å². The Balaban J connectivity index is 2.06. The highest BCUT2D eigenvalue weighted by molar-refractivity contribution is 9.10. The minimum Gasteiger partial charge on any atom is -0.497 e. The van der Waals surface area contributed by atoms with Crippen LogP contribution in [0.25, 0.3) is 0 Å². The molecule has 0 amide bonds. The molecule has 16 heavy (non-hydrogen) atoms. The summed E-state index contributed by atoms with van der Waals surface area (Å²) in [4.78, 5) is 5.24. The van der Waals surface area contributed by atoms with Gasteiger partial charge in [0.2, 0.25) is 0 Å². The monoisotopic (exact) mass is 298 g/mol. The van der Waals surface area contributed by atoms with Crippen molar-refractivity contribution < 1.29 is 4.74 Å². The number of thiazole rings is 1. The first-order valence-electron chi connectivity index (χ1n) is 4.74. The lowest BCUT2D eigenvalue weighted by molar-refractivity contribution is 0.414. The number of rotatable bonds is 4. The van der Waals surface area contributed by atoms with Gasteiger partial charge in [-0.25, -0.2) is 0 Å². The number of methoxy groups -OCH3 is 1. The summed E-state index contributed by atoms with van der Waals surface area (Å²) in [5.74, 6) is 0.834. The molecule has 0 aliphatic rings. The van der Waals surface area contributed by atoms with Crippen molar-refractivity contribution in [2.75, 3.05) is 12.4 Å². The van der Waals surface area contributed by atoms with E-state index in [9.17, 15) is 0 Å². The first-order chi connectivity index (χ1) is 7.78. The summed E-state index contributed by atoms with van der Waals surface area (Å²) in [6, 6.07) is 5.91. The normalized spacial score (nSPS) is 10.1. The van der Waals surface area contributed by atoms with Gasteiger partial charge in [0, 0.05) is 27.3 Å². The molecule has 0 spiro atoms. The number of hydrogen-bond acceptors (Lipinski definition) is 4. The largest absolute Gasteiger partial charge is 0.497 e. The van der Waals surface area contributed by atoms with Crippen molar-refractivity contribution in [1.82, 2.24) is 4.98 Å². The summed E-state index contributed by atoms with van der Waals surface area (Å²) in [5, 5.41) is 3.32. The number of nitrogens with zero attached hydrogens (tertiary/aromatic N) is 1. The number of ether oxygens (including phenoxy) is 1. The van der Waals surface area contributed by atoms with Gasteiger partial charge in [-0.1, -0.05) is 15.9 Å². The fourth-order valence-electron chi connectivity index (χ4n) is 1.30. The maximum atomic E-state index is 5.19. The van der Waals surface area contributed by atoms with Gasteiger partial charge in [-0.05, 0) is 12.1 Å². The topological polar surface area (TPSA) is 34.1 Å². The van der Waals surface area contributed by atoms with E-state index in [4.69, 9.17) is 4.74 Å². The van der Waals surface area contributed by atoms with Gasteiger partial charge in [-0.2, -0.15) is 0 Å². The molecular formula is C11H11BrN2OS. The Labute approximate surface area is 107 Å². The zero-order chi connectivity index (χ0) is 11.4. The summed E-state index contributed by atoms with van der Waals surface area (Å²) in [5.41, 5.74) is 2.86. The third-order valence-electron chi connectivity index (χ3n) is 2.06.